The highest BCUT2D eigenvalue weighted by Crippen LogP contribution is 2.38. The van der Waals surface area contributed by atoms with Gasteiger partial charge >= 0.3 is 7.82 Å². The number of rotatable bonds is 2. The van der Waals surface area contributed by atoms with Gasteiger partial charge in [0.05, 0.1) is 0 Å². The van der Waals surface area contributed by atoms with Gasteiger partial charge in [0.2, 0.25) is 0 Å². The molecule has 6 nitrogen and oxygen atoms in total. The lowest BCUT2D eigenvalue weighted by Gasteiger charge is -2.37. The number of hydroxylamine groups is 2. The molecule has 1 aliphatic heterocycles. The highest BCUT2D eigenvalue weighted by atomic mass is 31.2. The Hall–Kier alpha value is 0.0300. The molecule has 1 aliphatic rings. The second-order valence-electron chi connectivity index (χ2n) is 3.29. The van der Waals surface area contributed by atoms with Gasteiger partial charge < -0.3 is 15.1 Å². The summed E-state index contributed by atoms with van der Waals surface area (Å²) >= 11 is 0. The van der Waals surface area contributed by atoms with Crippen molar-refractivity contribution in [2.75, 3.05) is 13.1 Å². The molecule has 3 N–H and O–H groups in total. The number of nitrogens with one attached hydrogen (secondary N) is 1. The summed E-state index contributed by atoms with van der Waals surface area (Å²) in [6.45, 7) is 5.03. The van der Waals surface area contributed by atoms with Crippen molar-refractivity contribution in [3.05, 3.63) is 0 Å². The van der Waals surface area contributed by atoms with Gasteiger partial charge in [0.25, 0.3) is 0 Å². The van der Waals surface area contributed by atoms with Gasteiger partial charge in [-0.3, -0.25) is 0 Å². The fourth-order valence-corrected chi connectivity index (χ4v) is 1.97. The molecule has 0 amide bonds. The molecule has 13 heavy (non-hydrogen) atoms. The quantitative estimate of drug-likeness (QED) is 0.542. The minimum absolute atomic E-state index is 0.0311. The monoisotopic (exact) mass is 210 g/mol. The fraction of sp³-hybridized carbons (Fsp3) is 1.00. The summed E-state index contributed by atoms with van der Waals surface area (Å²) in [5, 5.41) is 4.48. The first kappa shape index (κ1) is 11.1. The van der Waals surface area contributed by atoms with E-state index in [0.717, 1.165) is 0 Å². The average molecular weight is 210 g/mol. The predicted molar refractivity (Wildman–Crippen MR) is 46.8 cm³/mol. The largest absolute Gasteiger partial charge is 0.486 e. The van der Waals surface area contributed by atoms with E-state index < -0.39 is 7.82 Å². The van der Waals surface area contributed by atoms with Gasteiger partial charge in [-0.25, -0.2) is 4.57 Å². The zero-order chi connectivity index (χ0) is 10.1. The lowest BCUT2D eigenvalue weighted by Crippen LogP contribution is -2.54. The van der Waals surface area contributed by atoms with Crippen molar-refractivity contribution in [1.29, 1.82) is 0 Å². The number of hydrogen-bond acceptors (Lipinski definition) is 4. The van der Waals surface area contributed by atoms with E-state index in [1.165, 1.54) is 5.06 Å². The Kier molecular flexibility index (Phi) is 3.45. The van der Waals surface area contributed by atoms with Crippen LogP contribution >= 0.6 is 7.82 Å². The van der Waals surface area contributed by atoms with Crippen LogP contribution < -0.4 is 5.32 Å². The second-order valence-corrected chi connectivity index (χ2v) is 4.43. The van der Waals surface area contributed by atoms with Crippen LogP contribution in [0.4, 0.5) is 0 Å². The average Bonchev–Trinajstić information content (AvgIpc) is 1.95. The van der Waals surface area contributed by atoms with Crippen LogP contribution in [-0.2, 0) is 9.19 Å². The molecule has 1 heterocycles. The molecule has 1 fully saturated rings. The Morgan fingerprint density at radius 3 is 2.23 bits per heavy atom. The van der Waals surface area contributed by atoms with Crippen molar-refractivity contribution in [2.45, 2.75) is 25.9 Å². The first-order chi connectivity index (χ1) is 5.90. The molecule has 2 unspecified atom stereocenters. The van der Waals surface area contributed by atoms with Gasteiger partial charge in [-0.1, -0.05) is 0 Å². The molecular weight excluding hydrogens is 195 g/mol. The molecule has 2 atom stereocenters. The van der Waals surface area contributed by atoms with Crippen LogP contribution in [0.15, 0.2) is 0 Å². The Morgan fingerprint density at radius 2 is 1.85 bits per heavy atom. The normalized spacial score (nSPS) is 32.0. The molecule has 78 valence electrons. The SMILES string of the molecule is CC1CNCC(C)N1OP(=O)(O)O. The van der Waals surface area contributed by atoms with Crippen LogP contribution in [0.5, 0.6) is 0 Å². The molecule has 0 saturated carbocycles. The Labute approximate surface area is 77.1 Å². The Morgan fingerprint density at radius 1 is 1.38 bits per heavy atom. The van der Waals surface area contributed by atoms with Gasteiger partial charge in [-0.15, -0.1) is 0 Å². The molecular formula is C6H15N2O4P. The maximum absolute atomic E-state index is 10.6. The summed E-state index contributed by atoms with van der Waals surface area (Å²) < 4.78 is 15.2. The van der Waals surface area contributed by atoms with E-state index >= 15 is 0 Å². The molecule has 0 aromatic carbocycles. The summed E-state index contributed by atoms with van der Waals surface area (Å²) in [4.78, 5) is 17.3. The summed E-state index contributed by atoms with van der Waals surface area (Å²) in [6, 6.07) is -0.0623. The topological polar surface area (TPSA) is 82.0 Å². The van der Waals surface area contributed by atoms with Crippen molar-refractivity contribution in [3.8, 4) is 0 Å². The summed E-state index contributed by atoms with van der Waals surface area (Å²) in [6.07, 6.45) is 0. The number of phosphoric acid groups is 1. The van der Waals surface area contributed by atoms with Gasteiger partial charge in [-0.05, 0) is 13.8 Å². The fourth-order valence-electron chi connectivity index (χ4n) is 1.40. The number of piperazine rings is 1. The highest BCUT2D eigenvalue weighted by molar-refractivity contribution is 7.46. The van der Waals surface area contributed by atoms with E-state index in [4.69, 9.17) is 9.79 Å². The third kappa shape index (κ3) is 3.34. The van der Waals surface area contributed by atoms with Crippen LogP contribution in [0.2, 0.25) is 0 Å². The van der Waals surface area contributed by atoms with Crippen molar-refractivity contribution in [3.63, 3.8) is 0 Å². The summed E-state index contributed by atoms with van der Waals surface area (Å²) in [5.41, 5.74) is 0. The lowest BCUT2D eigenvalue weighted by atomic mass is 10.2. The molecule has 1 saturated heterocycles. The zero-order valence-corrected chi connectivity index (χ0v) is 8.57. The van der Waals surface area contributed by atoms with Crippen molar-refractivity contribution in [2.24, 2.45) is 0 Å². The van der Waals surface area contributed by atoms with Crippen LogP contribution in [0, 0.1) is 0 Å². The lowest BCUT2D eigenvalue weighted by molar-refractivity contribution is -0.147. The molecule has 7 heteroatoms. The van der Waals surface area contributed by atoms with Gasteiger partial charge in [0.1, 0.15) is 0 Å². The Balaban J connectivity index is 2.59. The van der Waals surface area contributed by atoms with Gasteiger partial charge in [0.15, 0.2) is 0 Å². The van der Waals surface area contributed by atoms with Crippen LogP contribution in [-0.4, -0.2) is 40.0 Å². The van der Waals surface area contributed by atoms with E-state index in [1.807, 2.05) is 13.8 Å². The molecule has 0 spiro atoms. The van der Waals surface area contributed by atoms with E-state index in [1.54, 1.807) is 0 Å². The molecule has 0 aromatic rings. The van der Waals surface area contributed by atoms with Gasteiger partial charge in [0, 0.05) is 25.2 Å². The Bertz CT molecular complexity index is 209. The standard InChI is InChI=1S/C6H15N2O4P/c1-5-3-7-4-6(2)8(5)12-13(9,10)11/h5-7H,3-4H2,1-2H3,(H2,9,10,11). The van der Waals surface area contributed by atoms with Crippen LogP contribution in [0.3, 0.4) is 0 Å². The van der Waals surface area contributed by atoms with Crippen LogP contribution in [0.1, 0.15) is 13.8 Å². The summed E-state index contributed by atoms with van der Waals surface area (Å²) in [5.74, 6) is 0. The smallest absolute Gasteiger partial charge is 0.313 e. The maximum Gasteiger partial charge on any atom is 0.486 e. The third-order valence-electron chi connectivity index (χ3n) is 1.95. The van der Waals surface area contributed by atoms with Crippen LogP contribution in [0.25, 0.3) is 0 Å². The number of hydrogen-bond donors (Lipinski definition) is 3. The summed E-state index contributed by atoms with van der Waals surface area (Å²) in [7, 11) is -4.41. The molecule has 0 aliphatic carbocycles. The van der Waals surface area contributed by atoms with E-state index in [2.05, 4.69) is 9.94 Å². The zero-order valence-electron chi connectivity index (χ0n) is 7.67. The van der Waals surface area contributed by atoms with E-state index in [-0.39, 0.29) is 12.1 Å². The van der Waals surface area contributed by atoms with Crippen molar-refractivity contribution in [1.82, 2.24) is 10.4 Å². The minimum Gasteiger partial charge on any atom is -0.313 e. The first-order valence-corrected chi connectivity index (χ1v) is 5.67. The van der Waals surface area contributed by atoms with Crippen molar-refractivity contribution < 1.29 is 19.0 Å². The first-order valence-electron chi connectivity index (χ1n) is 4.14. The molecule has 0 bridgehead atoms. The minimum atomic E-state index is -4.41. The maximum atomic E-state index is 10.6. The van der Waals surface area contributed by atoms with E-state index in [0.29, 0.717) is 13.1 Å². The van der Waals surface area contributed by atoms with Gasteiger partial charge in [-0.2, -0.15) is 9.69 Å². The second kappa shape index (κ2) is 4.04. The van der Waals surface area contributed by atoms with Crippen molar-refractivity contribution >= 4 is 7.82 Å². The number of nitrogens with zero attached hydrogens (tertiary/aromatic N) is 1. The predicted octanol–water partition coefficient (Wildman–Crippen LogP) is -0.307. The highest BCUT2D eigenvalue weighted by Gasteiger charge is 2.31. The van der Waals surface area contributed by atoms with E-state index in [9.17, 15) is 4.57 Å². The molecule has 0 radical (unpaired) electrons. The molecule has 0 aromatic heterocycles. The third-order valence-corrected chi connectivity index (χ3v) is 2.35. The molecule has 1 rings (SSSR count).